The van der Waals surface area contributed by atoms with Crippen LogP contribution in [0.4, 0.5) is 0 Å². The van der Waals surface area contributed by atoms with E-state index in [4.69, 9.17) is 0 Å². The molecule has 4 nitrogen and oxygen atoms in total. The molecule has 0 aliphatic heterocycles. The van der Waals surface area contributed by atoms with E-state index in [1.807, 2.05) is 12.4 Å². The number of aromatic nitrogens is 3. The molecular formula is C17H22N4. The first-order valence-corrected chi connectivity index (χ1v) is 7.59. The maximum atomic E-state index is 4.35. The molecule has 0 bridgehead atoms. The quantitative estimate of drug-likeness (QED) is 0.752. The van der Waals surface area contributed by atoms with E-state index in [1.54, 1.807) is 0 Å². The minimum Gasteiger partial charge on any atom is -0.361 e. The number of aryl methyl sites for hydroxylation is 1. The molecule has 21 heavy (non-hydrogen) atoms. The molecule has 0 spiro atoms. The van der Waals surface area contributed by atoms with Crippen LogP contribution in [-0.2, 0) is 19.6 Å². The highest BCUT2D eigenvalue weighted by Gasteiger charge is 2.09. The summed E-state index contributed by atoms with van der Waals surface area (Å²) in [5.41, 5.74) is 3.83. The third-order valence-corrected chi connectivity index (χ3v) is 3.96. The van der Waals surface area contributed by atoms with Gasteiger partial charge >= 0.3 is 0 Å². The average molecular weight is 282 g/mol. The van der Waals surface area contributed by atoms with E-state index in [2.05, 4.69) is 63.8 Å². The van der Waals surface area contributed by atoms with Gasteiger partial charge in [-0.15, -0.1) is 0 Å². The largest absolute Gasteiger partial charge is 0.361 e. The minimum absolute atomic E-state index is 0.926. The molecule has 3 aromatic rings. The summed E-state index contributed by atoms with van der Waals surface area (Å²) in [4.78, 5) is 5.68. The van der Waals surface area contributed by atoms with Crippen molar-refractivity contribution in [3.63, 3.8) is 0 Å². The molecule has 0 aliphatic rings. The lowest BCUT2D eigenvalue weighted by atomic mass is 10.1. The fraction of sp³-hybridized carbons (Fsp3) is 0.353. The molecule has 3 rings (SSSR count). The molecule has 0 unspecified atom stereocenters. The van der Waals surface area contributed by atoms with Crippen molar-refractivity contribution in [2.45, 2.75) is 33.5 Å². The highest BCUT2D eigenvalue weighted by atomic mass is 15.3. The van der Waals surface area contributed by atoms with Crippen LogP contribution in [0.15, 0.2) is 42.7 Å². The van der Waals surface area contributed by atoms with Crippen LogP contribution in [0, 0.1) is 0 Å². The highest BCUT2D eigenvalue weighted by molar-refractivity contribution is 5.79. The van der Waals surface area contributed by atoms with E-state index >= 15 is 0 Å². The summed E-state index contributed by atoms with van der Waals surface area (Å²) >= 11 is 0. The number of H-pyrrole nitrogens is 1. The van der Waals surface area contributed by atoms with Crippen molar-refractivity contribution in [1.82, 2.24) is 19.7 Å². The van der Waals surface area contributed by atoms with Gasteiger partial charge in [0.2, 0.25) is 0 Å². The van der Waals surface area contributed by atoms with Gasteiger partial charge in [-0.3, -0.25) is 9.58 Å². The number of aromatic amines is 1. The summed E-state index contributed by atoms with van der Waals surface area (Å²) in [5, 5.41) is 5.63. The molecule has 0 aliphatic carbocycles. The predicted molar refractivity (Wildman–Crippen MR) is 86.0 cm³/mol. The third kappa shape index (κ3) is 3.00. The molecule has 1 aromatic carbocycles. The van der Waals surface area contributed by atoms with Crippen molar-refractivity contribution >= 4 is 10.9 Å². The van der Waals surface area contributed by atoms with Crippen molar-refractivity contribution in [3.8, 4) is 0 Å². The first kappa shape index (κ1) is 13.9. The monoisotopic (exact) mass is 282 g/mol. The van der Waals surface area contributed by atoms with Gasteiger partial charge < -0.3 is 4.98 Å². The zero-order valence-corrected chi connectivity index (χ0v) is 12.7. The van der Waals surface area contributed by atoms with Gasteiger partial charge in [0, 0.05) is 37.5 Å². The van der Waals surface area contributed by atoms with Crippen LogP contribution in [-0.4, -0.2) is 26.2 Å². The molecule has 110 valence electrons. The summed E-state index contributed by atoms with van der Waals surface area (Å²) in [7, 11) is 0. The molecule has 0 saturated carbocycles. The lowest BCUT2D eigenvalue weighted by Crippen LogP contribution is -2.24. The van der Waals surface area contributed by atoms with Gasteiger partial charge in [0.25, 0.3) is 0 Å². The maximum absolute atomic E-state index is 4.35. The first-order chi connectivity index (χ1) is 10.3. The van der Waals surface area contributed by atoms with E-state index in [9.17, 15) is 0 Å². The zero-order chi connectivity index (χ0) is 14.7. The number of hydrogen-bond acceptors (Lipinski definition) is 2. The second-order valence-electron chi connectivity index (χ2n) is 5.34. The normalized spacial score (nSPS) is 11.6. The van der Waals surface area contributed by atoms with Gasteiger partial charge in [0.15, 0.2) is 0 Å². The van der Waals surface area contributed by atoms with Crippen LogP contribution in [0.5, 0.6) is 0 Å². The molecule has 1 N–H and O–H groups in total. The smallest absolute Gasteiger partial charge is 0.0524 e. The lowest BCUT2D eigenvalue weighted by Gasteiger charge is -2.21. The Labute approximate surface area is 125 Å². The van der Waals surface area contributed by atoms with Gasteiger partial charge in [0.1, 0.15) is 0 Å². The maximum Gasteiger partial charge on any atom is 0.0524 e. The third-order valence-electron chi connectivity index (χ3n) is 3.96. The van der Waals surface area contributed by atoms with E-state index in [-0.39, 0.29) is 0 Å². The molecule has 0 fully saturated rings. The number of hydrogen-bond donors (Lipinski definition) is 1. The Bertz CT molecular complexity index is 710. The van der Waals surface area contributed by atoms with Crippen molar-refractivity contribution < 1.29 is 0 Å². The van der Waals surface area contributed by atoms with Gasteiger partial charge in [-0.2, -0.15) is 5.10 Å². The Hall–Kier alpha value is -2.07. The fourth-order valence-corrected chi connectivity index (χ4v) is 2.75. The van der Waals surface area contributed by atoms with Crippen molar-refractivity contribution in [2.75, 3.05) is 6.54 Å². The summed E-state index contributed by atoms with van der Waals surface area (Å²) < 4.78 is 2.07. The Kier molecular flexibility index (Phi) is 4.06. The number of fused-ring (bicyclic) bond motifs is 1. The Balaban J connectivity index is 1.74. The van der Waals surface area contributed by atoms with Gasteiger partial charge in [0.05, 0.1) is 5.69 Å². The molecule has 0 radical (unpaired) electrons. The number of benzene rings is 1. The van der Waals surface area contributed by atoms with Crippen LogP contribution in [0.1, 0.15) is 25.1 Å². The molecule has 0 saturated heterocycles. The summed E-state index contributed by atoms with van der Waals surface area (Å²) in [6.45, 7) is 8.20. The number of nitrogens with one attached hydrogen (secondary N) is 1. The lowest BCUT2D eigenvalue weighted by molar-refractivity contribution is 0.262. The molecule has 0 atom stereocenters. The average Bonchev–Trinajstić information content (AvgIpc) is 3.14. The second kappa shape index (κ2) is 6.14. The Morgan fingerprint density at radius 3 is 2.86 bits per heavy atom. The van der Waals surface area contributed by atoms with Gasteiger partial charge in [-0.1, -0.05) is 13.0 Å². The first-order valence-electron chi connectivity index (χ1n) is 7.59. The van der Waals surface area contributed by atoms with Crippen LogP contribution in [0.2, 0.25) is 0 Å². The SMILES string of the molecule is CCN(Cc1ccc2[nH]ccc2c1)Cc1ccnn1CC. The molecule has 2 heterocycles. The van der Waals surface area contributed by atoms with E-state index in [0.29, 0.717) is 0 Å². The van der Waals surface area contributed by atoms with Gasteiger partial charge in [-0.25, -0.2) is 0 Å². The minimum atomic E-state index is 0.926. The predicted octanol–water partition coefficient (Wildman–Crippen LogP) is 3.41. The summed E-state index contributed by atoms with van der Waals surface area (Å²) in [6, 6.07) is 10.9. The molecule has 4 heteroatoms. The second-order valence-corrected chi connectivity index (χ2v) is 5.34. The number of nitrogens with zero attached hydrogens (tertiary/aromatic N) is 3. The van der Waals surface area contributed by atoms with E-state index < -0.39 is 0 Å². The highest BCUT2D eigenvalue weighted by Crippen LogP contribution is 2.16. The van der Waals surface area contributed by atoms with Crippen molar-refractivity contribution in [3.05, 3.63) is 54.0 Å². The fourth-order valence-electron chi connectivity index (χ4n) is 2.75. The van der Waals surface area contributed by atoms with Crippen LogP contribution in [0.25, 0.3) is 10.9 Å². The van der Waals surface area contributed by atoms with Crippen molar-refractivity contribution in [2.24, 2.45) is 0 Å². The molecular weight excluding hydrogens is 260 g/mol. The van der Waals surface area contributed by atoms with Gasteiger partial charge in [-0.05, 0) is 48.7 Å². The standard InChI is InChI=1S/C17H22N4/c1-3-20(13-16-8-10-19-21(16)4-2)12-14-5-6-17-15(11-14)7-9-18-17/h5-11,18H,3-4,12-13H2,1-2H3. The van der Waals surface area contributed by atoms with E-state index in [0.717, 1.165) is 26.2 Å². The van der Waals surface area contributed by atoms with Crippen LogP contribution >= 0.6 is 0 Å². The molecule has 0 amide bonds. The Morgan fingerprint density at radius 2 is 2.05 bits per heavy atom. The van der Waals surface area contributed by atoms with E-state index in [1.165, 1.54) is 22.2 Å². The summed E-state index contributed by atoms with van der Waals surface area (Å²) in [6.07, 6.45) is 3.88. The number of rotatable bonds is 6. The Morgan fingerprint density at radius 1 is 1.14 bits per heavy atom. The van der Waals surface area contributed by atoms with Crippen LogP contribution in [0.3, 0.4) is 0 Å². The van der Waals surface area contributed by atoms with Crippen LogP contribution < -0.4 is 0 Å². The van der Waals surface area contributed by atoms with Crippen molar-refractivity contribution in [1.29, 1.82) is 0 Å². The summed E-state index contributed by atoms with van der Waals surface area (Å²) in [5.74, 6) is 0. The molecule has 2 aromatic heterocycles. The topological polar surface area (TPSA) is 36.9 Å². The zero-order valence-electron chi connectivity index (χ0n) is 12.7.